The van der Waals surface area contributed by atoms with Crippen LogP contribution >= 0.6 is 11.6 Å². The Bertz CT molecular complexity index is 733. The number of halogens is 1. The third-order valence-electron chi connectivity index (χ3n) is 4.52. The van der Waals surface area contributed by atoms with Gasteiger partial charge in [-0.3, -0.25) is 4.90 Å². The standard InChI is InChI=1S/C17H20ClN3O3/c1-11-10-20(6-7-21(11)17(22)23)12(2)15-9-16(24-19-15)13-4-3-5-14(18)8-13/h3-5,8-9,11-12H,6-7,10H2,1-2H3,(H,22,23)/t11-,12?/m0/s1. The molecule has 0 spiro atoms. The first-order chi connectivity index (χ1) is 11.5. The van der Waals surface area contributed by atoms with Gasteiger partial charge >= 0.3 is 6.09 Å². The molecule has 0 aliphatic carbocycles. The lowest BCUT2D eigenvalue weighted by molar-refractivity contribution is 0.0558. The normalized spacial score (nSPS) is 20.1. The van der Waals surface area contributed by atoms with Crippen molar-refractivity contribution >= 4 is 17.7 Å². The number of carbonyl (C=O) groups is 1. The predicted molar refractivity (Wildman–Crippen MR) is 91.1 cm³/mol. The molecule has 24 heavy (non-hydrogen) atoms. The molecule has 0 saturated carbocycles. The van der Waals surface area contributed by atoms with Gasteiger partial charge in [0.15, 0.2) is 5.76 Å². The van der Waals surface area contributed by atoms with E-state index < -0.39 is 6.09 Å². The van der Waals surface area contributed by atoms with Crippen LogP contribution in [0.4, 0.5) is 4.79 Å². The maximum Gasteiger partial charge on any atom is 0.407 e. The second-order valence-corrected chi connectivity index (χ2v) is 6.56. The minimum atomic E-state index is -0.862. The highest BCUT2D eigenvalue weighted by molar-refractivity contribution is 6.30. The third kappa shape index (κ3) is 3.39. The van der Waals surface area contributed by atoms with Gasteiger partial charge in [-0.1, -0.05) is 28.9 Å². The van der Waals surface area contributed by atoms with Crippen LogP contribution in [0.25, 0.3) is 11.3 Å². The van der Waals surface area contributed by atoms with Crippen molar-refractivity contribution in [3.05, 3.63) is 41.0 Å². The van der Waals surface area contributed by atoms with Crippen LogP contribution in [0.5, 0.6) is 0 Å². The molecule has 2 atom stereocenters. The average Bonchev–Trinajstić information content (AvgIpc) is 3.03. The molecule has 1 aliphatic heterocycles. The lowest BCUT2D eigenvalue weighted by atomic mass is 10.1. The summed E-state index contributed by atoms with van der Waals surface area (Å²) < 4.78 is 5.46. The van der Waals surface area contributed by atoms with Crippen molar-refractivity contribution in [1.82, 2.24) is 15.0 Å². The minimum Gasteiger partial charge on any atom is -0.465 e. The van der Waals surface area contributed by atoms with Crippen molar-refractivity contribution in [2.24, 2.45) is 0 Å². The number of rotatable bonds is 3. The summed E-state index contributed by atoms with van der Waals surface area (Å²) in [5.74, 6) is 0.677. The number of piperazine rings is 1. The fraction of sp³-hybridized carbons (Fsp3) is 0.412. The van der Waals surface area contributed by atoms with E-state index in [1.54, 1.807) is 0 Å². The predicted octanol–water partition coefficient (Wildman–Crippen LogP) is 3.74. The Kier molecular flexibility index (Phi) is 4.78. The van der Waals surface area contributed by atoms with Gasteiger partial charge < -0.3 is 14.5 Å². The van der Waals surface area contributed by atoms with Crippen molar-refractivity contribution in [3.63, 3.8) is 0 Å². The van der Waals surface area contributed by atoms with Gasteiger partial charge in [0.1, 0.15) is 5.69 Å². The van der Waals surface area contributed by atoms with E-state index in [1.165, 1.54) is 4.90 Å². The molecule has 1 aromatic heterocycles. The number of amides is 1. The van der Waals surface area contributed by atoms with Crippen molar-refractivity contribution in [3.8, 4) is 11.3 Å². The fourth-order valence-electron chi connectivity index (χ4n) is 3.07. The van der Waals surface area contributed by atoms with Crippen molar-refractivity contribution in [1.29, 1.82) is 0 Å². The summed E-state index contributed by atoms with van der Waals surface area (Å²) in [6.07, 6.45) is -0.862. The number of benzene rings is 1. The maximum atomic E-state index is 11.2. The average molecular weight is 350 g/mol. The molecule has 1 N–H and O–H groups in total. The van der Waals surface area contributed by atoms with E-state index in [2.05, 4.69) is 17.0 Å². The van der Waals surface area contributed by atoms with Crippen LogP contribution in [-0.2, 0) is 0 Å². The summed E-state index contributed by atoms with van der Waals surface area (Å²) in [7, 11) is 0. The molecule has 1 aromatic carbocycles. The van der Waals surface area contributed by atoms with Crippen LogP contribution in [0.3, 0.4) is 0 Å². The van der Waals surface area contributed by atoms with E-state index in [0.29, 0.717) is 30.4 Å². The number of aromatic nitrogens is 1. The zero-order chi connectivity index (χ0) is 17.3. The summed E-state index contributed by atoms with van der Waals surface area (Å²) in [6.45, 7) is 5.83. The van der Waals surface area contributed by atoms with Crippen LogP contribution in [0, 0.1) is 0 Å². The van der Waals surface area contributed by atoms with E-state index in [-0.39, 0.29) is 12.1 Å². The summed E-state index contributed by atoms with van der Waals surface area (Å²) >= 11 is 6.02. The second kappa shape index (κ2) is 6.83. The first-order valence-corrected chi connectivity index (χ1v) is 8.29. The smallest absolute Gasteiger partial charge is 0.407 e. The zero-order valence-corrected chi connectivity index (χ0v) is 14.4. The Balaban J connectivity index is 1.72. The summed E-state index contributed by atoms with van der Waals surface area (Å²) in [5.41, 5.74) is 1.72. The molecular formula is C17H20ClN3O3. The van der Waals surface area contributed by atoms with E-state index >= 15 is 0 Å². The number of nitrogens with zero attached hydrogens (tertiary/aromatic N) is 3. The highest BCUT2D eigenvalue weighted by Crippen LogP contribution is 2.28. The number of carboxylic acid groups (broad SMARTS) is 1. The molecule has 1 aliphatic rings. The second-order valence-electron chi connectivity index (χ2n) is 6.12. The van der Waals surface area contributed by atoms with Crippen LogP contribution in [0.15, 0.2) is 34.9 Å². The quantitative estimate of drug-likeness (QED) is 0.914. The van der Waals surface area contributed by atoms with Crippen LogP contribution in [-0.4, -0.2) is 51.8 Å². The topological polar surface area (TPSA) is 69.8 Å². The molecule has 1 amide bonds. The first kappa shape index (κ1) is 16.8. The molecule has 1 unspecified atom stereocenters. The molecule has 6 nitrogen and oxygen atoms in total. The highest BCUT2D eigenvalue weighted by Gasteiger charge is 2.30. The van der Waals surface area contributed by atoms with Crippen LogP contribution in [0.1, 0.15) is 25.6 Å². The lowest BCUT2D eigenvalue weighted by Gasteiger charge is -2.40. The molecule has 3 rings (SSSR count). The number of hydrogen-bond acceptors (Lipinski definition) is 4. The SMILES string of the molecule is CC(c1cc(-c2cccc(Cl)c2)on1)N1CCN(C(=O)O)[C@@H](C)C1. The molecule has 0 bridgehead atoms. The zero-order valence-electron chi connectivity index (χ0n) is 13.6. The Morgan fingerprint density at radius 2 is 2.21 bits per heavy atom. The Hall–Kier alpha value is -2.05. The Morgan fingerprint density at radius 3 is 2.88 bits per heavy atom. The molecule has 2 aromatic rings. The molecule has 1 fully saturated rings. The molecule has 2 heterocycles. The van der Waals surface area contributed by atoms with E-state index in [4.69, 9.17) is 16.1 Å². The van der Waals surface area contributed by atoms with Gasteiger partial charge in [0, 0.05) is 42.3 Å². The third-order valence-corrected chi connectivity index (χ3v) is 4.75. The largest absolute Gasteiger partial charge is 0.465 e. The van der Waals surface area contributed by atoms with E-state index in [1.807, 2.05) is 37.3 Å². The Morgan fingerprint density at radius 1 is 1.42 bits per heavy atom. The summed E-state index contributed by atoms with van der Waals surface area (Å²) in [5, 5.41) is 14.0. The van der Waals surface area contributed by atoms with Gasteiger partial charge in [0.05, 0.1) is 6.04 Å². The van der Waals surface area contributed by atoms with Gasteiger partial charge in [0.2, 0.25) is 0 Å². The van der Waals surface area contributed by atoms with E-state index in [9.17, 15) is 9.90 Å². The molecule has 0 radical (unpaired) electrons. The Labute approximate surface area is 145 Å². The molecule has 1 saturated heterocycles. The highest BCUT2D eigenvalue weighted by atomic mass is 35.5. The van der Waals surface area contributed by atoms with Gasteiger partial charge in [-0.05, 0) is 26.0 Å². The molecule has 7 heteroatoms. The summed E-state index contributed by atoms with van der Waals surface area (Å²) in [4.78, 5) is 14.9. The van der Waals surface area contributed by atoms with Crippen molar-refractivity contribution < 1.29 is 14.4 Å². The maximum absolute atomic E-state index is 11.2. The van der Waals surface area contributed by atoms with E-state index in [0.717, 1.165) is 11.3 Å². The van der Waals surface area contributed by atoms with Crippen molar-refractivity contribution in [2.45, 2.75) is 25.9 Å². The van der Waals surface area contributed by atoms with Crippen LogP contribution in [0.2, 0.25) is 5.02 Å². The number of hydrogen-bond donors (Lipinski definition) is 1. The molecule has 128 valence electrons. The van der Waals surface area contributed by atoms with Crippen molar-refractivity contribution in [2.75, 3.05) is 19.6 Å². The van der Waals surface area contributed by atoms with Gasteiger partial charge in [-0.25, -0.2) is 4.79 Å². The van der Waals surface area contributed by atoms with Gasteiger partial charge in [-0.15, -0.1) is 0 Å². The van der Waals surface area contributed by atoms with Gasteiger partial charge in [-0.2, -0.15) is 0 Å². The lowest BCUT2D eigenvalue weighted by Crippen LogP contribution is -2.54. The first-order valence-electron chi connectivity index (χ1n) is 7.92. The van der Waals surface area contributed by atoms with Gasteiger partial charge in [0.25, 0.3) is 0 Å². The van der Waals surface area contributed by atoms with Crippen LogP contribution < -0.4 is 0 Å². The molecular weight excluding hydrogens is 330 g/mol. The minimum absolute atomic E-state index is 0.0435. The summed E-state index contributed by atoms with van der Waals surface area (Å²) in [6, 6.07) is 9.38. The fourth-order valence-corrected chi connectivity index (χ4v) is 3.26. The monoisotopic (exact) mass is 349 g/mol.